The molecule has 2 aromatic carbocycles. The summed E-state index contributed by atoms with van der Waals surface area (Å²) < 4.78 is 0. The predicted octanol–water partition coefficient (Wildman–Crippen LogP) is 4.20. The smallest absolute Gasteiger partial charge is 0.116 e. The maximum absolute atomic E-state index is 10.1. The van der Waals surface area contributed by atoms with Crippen molar-refractivity contribution in [1.29, 1.82) is 0 Å². The van der Waals surface area contributed by atoms with Crippen molar-refractivity contribution in [1.82, 2.24) is 0 Å². The Morgan fingerprint density at radius 2 is 1.62 bits per heavy atom. The second-order valence-electron chi connectivity index (χ2n) is 7.29. The summed E-state index contributed by atoms with van der Waals surface area (Å²) in [4.78, 5) is 0. The maximum Gasteiger partial charge on any atom is 0.116 e. The number of aromatic hydroxyl groups is 2. The zero-order chi connectivity index (χ0) is 16.7. The van der Waals surface area contributed by atoms with Crippen molar-refractivity contribution < 1.29 is 15.3 Å². The standard InChI is InChI=1S/C21H24O3/c22-12-14-9-16(24)10-21-18-4-2-1-3-17(18)19(11-20(14)21)13-5-7-15(23)8-6-13/h5-10,17-19,22-24H,1-4,11-12H2/t17-,18+,19-/m0/s1. The molecule has 2 aliphatic rings. The first-order chi connectivity index (χ1) is 11.7. The lowest BCUT2D eigenvalue weighted by Gasteiger charge is -2.43. The minimum absolute atomic E-state index is 0.0313. The largest absolute Gasteiger partial charge is 0.508 e. The molecule has 2 aliphatic carbocycles. The molecule has 0 saturated heterocycles. The number of rotatable bonds is 2. The average molecular weight is 324 g/mol. The van der Waals surface area contributed by atoms with Crippen molar-refractivity contribution in [2.45, 2.75) is 50.5 Å². The molecule has 3 N–H and O–H groups in total. The fourth-order valence-electron chi connectivity index (χ4n) is 4.95. The van der Waals surface area contributed by atoms with Crippen LogP contribution in [0.3, 0.4) is 0 Å². The molecule has 4 rings (SSSR count). The van der Waals surface area contributed by atoms with Crippen LogP contribution in [0.2, 0.25) is 0 Å². The summed E-state index contributed by atoms with van der Waals surface area (Å²) in [5.74, 6) is 2.02. The molecular weight excluding hydrogens is 300 g/mol. The van der Waals surface area contributed by atoms with Crippen LogP contribution < -0.4 is 0 Å². The molecule has 0 spiro atoms. The van der Waals surface area contributed by atoms with Crippen LogP contribution in [-0.2, 0) is 13.0 Å². The van der Waals surface area contributed by atoms with E-state index in [0.717, 1.165) is 18.4 Å². The molecular formula is C21H24O3. The number of phenolic OH excluding ortho intramolecular Hbond substituents is 2. The lowest BCUT2D eigenvalue weighted by Crippen LogP contribution is -2.31. The second kappa shape index (κ2) is 6.14. The Bertz CT molecular complexity index is 735. The third kappa shape index (κ3) is 2.57. The fraction of sp³-hybridized carbons (Fsp3) is 0.429. The molecule has 126 valence electrons. The van der Waals surface area contributed by atoms with Gasteiger partial charge in [0.15, 0.2) is 0 Å². The van der Waals surface area contributed by atoms with Crippen molar-refractivity contribution in [3.8, 4) is 11.5 Å². The molecule has 1 fully saturated rings. The third-order valence-corrected chi connectivity index (χ3v) is 6.01. The lowest BCUT2D eigenvalue weighted by molar-refractivity contribution is 0.237. The van der Waals surface area contributed by atoms with Crippen molar-refractivity contribution in [2.75, 3.05) is 0 Å². The molecule has 0 aliphatic heterocycles. The van der Waals surface area contributed by atoms with Crippen LogP contribution in [0.1, 0.15) is 59.8 Å². The van der Waals surface area contributed by atoms with Crippen LogP contribution in [0, 0.1) is 5.92 Å². The van der Waals surface area contributed by atoms with Gasteiger partial charge in [0.2, 0.25) is 0 Å². The molecule has 1 saturated carbocycles. The van der Waals surface area contributed by atoms with E-state index >= 15 is 0 Å². The molecule has 0 radical (unpaired) electrons. The van der Waals surface area contributed by atoms with Gasteiger partial charge in [0, 0.05) is 0 Å². The Hall–Kier alpha value is -2.00. The van der Waals surface area contributed by atoms with Gasteiger partial charge in [-0.2, -0.15) is 0 Å². The molecule has 0 aromatic heterocycles. The van der Waals surface area contributed by atoms with Crippen LogP contribution in [-0.4, -0.2) is 15.3 Å². The SMILES string of the molecule is OCc1cc(O)cc2c1C[C@@H](c1ccc(O)cc1)[C@H]1CCCC[C@@H]21. The molecule has 0 heterocycles. The van der Waals surface area contributed by atoms with E-state index in [4.69, 9.17) is 0 Å². The highest BCUT2D eigenvalue weighted by molar-refractivity contribution is 5.47. The fourth-order valence-corrected chi connectivity index (χ4v) is 4.95. The van der Waals surface area contributed by atoms with Gasteiger partial charge in [-0.25, -0.2) is 0 Å². The molecule has 0 bridgehead atoms. The van der Waals surface area contributed by atoms with E-state index in [0.29, 0.717) is 23.5 Å². The minimum atomic E-state index is -0.0313. The Balaban J connectivity index is 1.82. The van der Waals surface area contributed by atoms with E-state index in [1.807, 2.05) is 18.2 Å². The lowest BCUT2D eigenvalue weighted by atomic mass is 9.61. The van der Waals surface area contributed by atoms with E-state index in [9.17, 15) is 15.3 Å². The topological polar surface area (TPSA) is 60.7 Å². The third-order valence-electron chi connectivity index (χ3n) is 6.01. The van der Waals surface area contributed by atoms with Crippen LogP contribution in [0.4, 0.5) is 0 Å². The Morgan fingerprint density at radius 3 is 2.38 bits per heavy atom. The van der Waals surface area contributed by atoms with Gasteiger partial charge in [-0.1, -0.05) is 25.0 Å². The number of benzene rings is 2. The zero-order valence-corrected chi connectivity index (χ0v) is 13.8. The molecule has 24 heavy (non-hydrogen) atoms. The number of aliphatic hydroxyl groups is 1. The van der Waals surface area contributed by atoms with E-state index in [-0.39, 0.29) is 12.4 Å². The van der Waals surface area contributed by atoms with Gasteiger partial charge in [0.25, 0.3) is 0 Å². The molecule has 3 heteroatoms. The van der Waals surface area contributed by atoms with Crippen LogP contribution in [0.15, 0.2) is 36.4 Å². The number of hydrogen-bond acceptors (Lipinski definition) is 3. The highest BCUT2D eigenvalue weighted by Gasteiger charge is 2.39. The molecule has 2 aromatic rings. The van der Waals surface area contributed by atoms with Gasteiger partial charge in [-0.15, -0.1) is 0 Å². The van der Waals surface area contributed by atoms with Gasteiger partial charge in [0.05, 0.1) is 6.61 Å². The van der Waals surface area contributed by atoms with Gasteiger partial charge >= 0.3 is 0 Å². The quantitative estimate of drug-likeness (QED) is 0.776. The number of phenols is 2. The van der Waals surface area contributed by atoms with E-state index < -0.39 is 0 Å². The zero-order valence-electron chi connectivity index (χ0n) is 13.8. The van der Waals surface area contributed by atoms with E-state index in [2.05, 4.69) is 0 Å². The van der Waals surface area contributed by atoms with Gasteiger partial charge in [-0.3, -0.25) is 0 Å². The summed E-state index contributed by atoms with van der Waals surface area (Å²) in [6, 6.07) is 11.2. The Kier molecular flexibility index (Phi) is 3.97. The van der Waals surface area contributed by atoms with Crippen LogP contribution in [0.5, 0.6) is 11.5 Å². The maximum atomic E-state index is 10.1. The predicted molar refractivity (Wildman–Crippen MR) is 93.3 cm³/mol. The minimum Gasteiger partial charge on any atom is -0.508 e. The van der Waals surface area contributed by atoms with Crippen molar-refractivity contribution >= 4 is 0 Å². The summed E-state index contributed by atoms with van der Waals surface area (Å²) in [7, 11) is 0. The summed E-state index contributed by atoms with van der Waals surface area (Å²) >= 11 is 0. The summed E-state index contributed by atoms with van der Waals surface area (Å²) in [6.07, 6.45) is 5.75. The number of aliphatic hydroxyl groups excluding tert-OH is 1. The first-order valence-electron chi connectivity index (χ1n) is 8.92. The van der Waals surface area contributed by atoms with Crippen molar-refractivity contribution in [2.24, 2.45) is 5.92 Å². The van der Waals surface area contributed by atoms with Crippen LogP contribution in [0.25, 0.3) is 0 Å². The molecule has 3 nitrogen and oxygen atoms in total. The second-order valence-corrected chi connectivity index (χ2v) is 7.29. The molecule has 0 unspecified atom stereocenters. The number of hydrogen-bond donors (Lipinski definition) is 3. The highest BCUT2D eigenvalue weighted by atomic mass is 16.3. The summed E-state index contributed by atoms with van der Waals surface area (Å²) in [5, 5.41) is 29.4. The average Bonchev–Trinajstić information content (AvgIpc) is 2.61. The van der Waals surface area contributed by atoms with E-state index in [1.54, 1.807) is 18.2 Å². The van der Waals surface area contributed by atoms with Gasteiger partial charge in [0.1, 0.15) is 11.5 Å². The summed E-state index contributed by atoms with van der Waals surface area (Å²) in [5.41, 5.74) is 4.60. The normalized spacial score (nSPS) is 25.8. The summed E-state index contributed by atoms with van der Waals surface area (Å²) in [6.45, 7) is -0.0313. The highest BCUT2D eigenvalue weighted by Crippen LogP contribution is 2.52. The first kappa shape index (κ1) is 15.5. The first-order valence-corrected chi connectivity index (χ1v) is 8.92. The van der Waals surface area contributed by atoms with Crippen LogP contribution >= 0.6 is 0 Å². The van der Waals surface area contributed by atoms with Gasteiger partial charge < -0.3 is 15.3 Å². The monoisotopic (exact) mass is 324 g/mol. The van der Waals surface area contributed by atoms with Crippen molar-refractivity contribution in [3.63, 3.8) is 0 Å². The Labute approximate surface area is 142 Å². The van der Waals surface area contributed by atoms with Crippen molar-refractivity contribution in [3.05, 3.63) is 58.7 Å². The molecule has 0 amide bonds. The van der Waals surface area contributed by atoms with E-state index in [1.165, 1.54) is 36.0 Å². The molecule has 3 atom stereocenters. The number of fused-ring (bicyclic) bond motifs is 3. The Morgan fingerprint density at radius 1 is 0.875 bits per heavy atom. The van der Waals surface area contributed by atoms with Gasteiger partial charge in [-0.05, 0) is 83.5 Å².